The summed E-state index contributed by atoms with van der Waals surface area (Å²) >= 11 is 6.59. The Hall–Kier alpha value is -3.38. The number of fused-ring (bicyclic) bond motifs is 1. The number of carbonyl (C=O) groups excluding carboxylic acids is 1. The second-order valence-corrected chi connectivity index (χ2v) is 8.67. The third-order valence-electron chi connectivity index (χ3n) is 5.60. The molecule has 4 rings (SSSR count). The van der Waals surface area contributed by atoms with Gasteiger partial charge in [0.2, 0.25) is 0 Å². The van der Waals surface area contributed by atoms with Gasteiger partial charge in [0.25, 0.3) is 11.5 Å². The lowest BCUT2D eigenvalue weighted by molar-refractivity contribution is 0.0952. The van der Waals surface area contributed by atoms with Gasteiger partial charge in [-0.1, -0.05) is 17.7 Å². The van der Waals surface area contributed by atoms with Crippen LogP contribution in [0.3, 0.4) is 0 Å². The predicted molar refractivity (Wildman–Crippen MR) is 128 cm³/mol. The minimum atomic E-state index is -0.288. The Morgan fingerprint density at radius 1 is 1.22 bits per heavy atom. The zero-order valence-electron chi connectivity index (χ0n) is 18.5. The van der Waals surface area contributed by atoms with Crippen molar-refractivity contribution < 1.29 is 4.79 Å². The highest BCUT2D eigenvalue weighted by Gasteiger charge is 2.20. The predicted octanol–water partition coefficient (Wildman–Crippen LogP) is 5.17. The SMILES string of the molecule is Cc1cc(C)c(CNC(=O)c2cc(-c3cccnc3)cc3c2c(Cl)cn3C(C)C)c(=O)[nH]1. The number of H-pyrrole nitrogens is 1. The molecule has 3 aromatic heterocycles. The van der Waals surface area contributed by atoms with Crippen LogP contribution < -0.4 is 10.9 Å². The van der Waals surface area contributed by atoms with Crippen molar-refractivity contribution in [3.8, 4) is 11.1 Å². The Balaban J connectivity index is 1.80. The number of aromatic nitrogens is 3. The third kappa shape index (κ3) is 4.06. The smallest absolute Gasteiger partial charge is 0.253 e. The number of hydrogen-bond donors (Lipinski definition) is 2. The highest BCUT2D eigenvalue weighted by molar-refractivity contribution is 6.37. The van der Waals surface area contributed by atoms with Crippen molar-refractivity contribution in [2.24, 2.45) is 0 Å². The van der Waals surface area contributed by atoms with Crippen LogP contribution in [-0.4, -0.2) is 20.4 Å². The largest absolute Gasteiger partial charge is 0.348 e. The molecule has 0 unspecified atom stereocenters. The summed E-state index contributed by atoms with van der Waals surface area (Å²) in [5, 5.41) is 4.12. The van der Waals surface area contributed by atoms with Crippen molar-refractivity contribution in [1.29, 1.82) is 0 Å². The summed E-state index contributed by atoms with van der Waals surface area (Å²) in [5.41, 5.74) is 5.09. The minimum Gasteiger partial charge on any atom is -0.348 e. The maximum absolute atomic E-state index is 13.3. The fourth-order valence-electron chi connectivity index (χ4n) is 4.01. The van der Waals surface area contributed by atoms with Gasteiger partial charge in [0.1, 0.15) is 0 Å². The number of rotatable bonds is 5. The molecule has 4 aromatic rings. The standard InChI is InChI=1S/C25H25ClN4O2/c1-14(2)30-13-21(26)23-19(9-18(10-22(23)30)17-6-5-7-27-11-17)24(31)28-12-20-15(3)8-16(4)29-25(20)32/h5-11,13-14H,12H2,1-4H3,(H,28,31)(H,29,32). The van der Waals surface area contributed by atoms with Gasteiger partial charge < -0.3 is 14.9 Å². The van der Waals surface area contributed by atoms with Crippen molar-refractivity contribution in [1.82, 2.24) is 19.9 Å². The van der Waals surface area contributed by atoms with Crippen LogP contribution in [0.25, 0.3) is 22.0 Å². The van der Waals surface area contributed by atoms with Gasteiger partial charge in [-0.3, -0.25) is 14.6 Å². The van der Waals surface area contributed by atoms with Crippen LogP contribution >= 0.6 is 11.6 Å². The monoisotopic (exact) mass is 448 g/mol. The highest BCUT2D eigenvalue weighted by atomic mass is 35.5. The lowest BCUT2D eigenvalue weighted by Gasteiger charge is -2.13. The Kier molecular flexibility index (Phi) is 5.89. The Labute approximate surface area is 191 Å². The van der Waals surface area contributed by atoms with E-state index in [-0.39, 0.29) is 24.1 Å². The molecule has 0 spiro atoms. The number of aromatic amines is 1. The average molecular weight is 449 g/mol. The van der Waals surface area contributed by atoms with Crippen LogP contribution in [-0.2, 0) is 6.54 Å². The van der Waals surface area contributed by atoms with E-state index in [4.69, 9.17) is 11.6 Å². The molecule has 0 aliphatic heterocycles. The molecule has 164 valence electrons. The van der Waals surface area contributed by atoms with Gasteiger partial charge in [0.05, 0.1) is 16.1 Å². The summed E-state index contributed by atoms with van der Waals surface area (Å²) in [5.74, 6) is -0.288. The van der Waals surface area contributed by atoms with Crippen molar-refractivity contribution in [3.63, 3.8) is 0 Å². The van der Waals surface area contributed by atoms with Crippen LogP contribution in [0.1, 0.15) is 47.1 Å². The summed E-state index contributed by atoms with van der Waals surface area (Å²) in [4.78, 5) is 32.7. The van der Waals surface area contributed by atoms with Gasteiger partial charge >= 0.3 is 0 Å². The van der Waals surface area contributed by atoms with Crippen molar-refractivity contribution >= 4 is 28.4 Å². The van der Waals surface area contributed by atoms with Gasteiger partial charge in [-0.25, -0.2) is 0 Å². The molecular weight excluding hydrogens is 424 g/mol. The molecule has 1 amide bonds. The van der Waals surface area contributed by atoms with E-state index < -0.39 is 0 Å². The molecule has 0 saturated heterocycles. The third-order valence-corrected chi connectivity index (χ3v) is 5.89. The van der Waals surface area contributed by atoms with Crippen molar-refractivity contribution in [3.05, 3.63) is 86.7 Å². The number of carbonyl (C=O) groups is 1. The molecule has 3 heterocycles. The number of halogens is 1. The topological polar surface area (TPSA) is 79.8 Å². The van der Waals surface area contributed by atoms with E-state index in [0.717, 1.165) is 27.9 Å². The lowest BCUT2D eigenvalue weighted by Crippen LogP contribution is -2.28. The number of benzene rings is 1. The molecule has 0 radical (unpaired) electrons. The van der Waals surface area contributed by atoms with Crippen LogP contribution in [0.15, 0.2) is 53.7 Å². The molecule has 0 fully saturated rings. The minimum absolute atomic E-state index is 0.126. The number of pyridine rings is 2. The maximum atomic E-state index is 13.3. The molecule has 0 bridgehead atoms. The fourth-order valence-corrected chi connectivity index (χ4v) is 4.31. The zero-order valence-corrected chi connectivity index (χ0v) is 19.2. The summed E-state index contributed by atoms with van der Waals surface area (Å²) in [7, 11) is 0. The first kappa shape index (κ1) is 21.8. The molecule has 6 nitrogen and oxygen atoms in total. The second-order valence-electron chi connectivity index (χ2n) is 8.26. The van der Waals surface area contributed by atoms with Gasteiger partial charge in [-0.2, -0.15) is 0 Å². The van der Waals surface area contributed by atoms with Crippen molar-refractivity contribution in [2.75, 3.05) is 0 Å². The molecule has 7 heteroatoms. The number of amides is 1. The maximum Gasteiger partial charge on any atom is 0.253 e. The number of nitrogens with zero attached hydrogens (tertiary/aromatic N) is 2. The zero-order chi connectivity index (χ0) is 23.0. The molecule has 2 N–H and O–H groups in total. The van der Waals surface area contributed by atoms with E-state index in [2.05, 4.69) is 33.7 Å². The number of hydrogen-bond acceptors (Lipinski definition) is 3. The van der Waals surface area contributed by atoms with Crippen LogP contribution in [0, 0.1) is 13.8 Å². The molecule has 0 saturated carbocycles. The van der Waals surface area contributed by atoms with E-state index in [1.54, 1.807) is 12.4 Å². The van der Waals surface area contributed by atoms with E-state index in [9.17, 15) is 9.59 Å². The fraction of sp³-hybridized carbons (Fsp3) is 0.240. The Morgan fingerprint density at radius 2 is 2.00 bits per heavy atom. The first-order chi connectivity index (χ1) is 15.3. The highest BCUT2D eigenvalue weighted by Crippen LogP contribution is 2.35. The molecule has 1 aromatic carbocycles. The molecule has 0 atom stereocenters. The second kappa shape index (κ2) is 8.63. The quantitative estimate of drug-likeness (QED) is 0.442. The molecular formula is C25H25ClN4O2. The molecule has 32 heavy (non-hydrogen) atoms. The summed E-state index contributed by atoms with van der Waals surface area (Å²) < 4.78 is 2.06. The first-order valence-electron chi connectivity index (χ1n) is 10.5. The Morgan fingerprint density at radius 3 is 2.66 bits per heavy atom. The van der Waals surface area contributed by atoms with Crippen LogP contribution in [0.2, 0.25) is 5.02 Å². The summed E-state index contributed by atoms with van der Waals surface area (Å²) in [6, 6.07) is 9.74. The Bertz CT molecular complexity index is 1370. The van der Waals surface area contributed by atoms with E-state index in [1.807, 2.05) is 50.4 Å². The van der Waals surface area contributed by atoms with E-state index in [0.29, 0.717) is 21.5 Å². The average Bonchev–Trinajstić information content (AvgIpc) is 3.09. The van der Waals surface area contributed by atoms with Crippen molar-refractivity contribution in [2.45, 2.75) is 40.3 Å². The van der Waals surface area contributed by atoms with E-state index >= 15 is 0 Å². The summed E-state index contributed by atoms with van der Waals surface area (Å²) in [6.07, 6.45) is 5.34. The summed E-state index contributed by atoms with van der Waals surface area (Å²) in [6.45, 7) is 7.96. The van der Waals surface area contributed by atoms with E-state index in [1.165, 1.54) is 0 Å². The van der Waals surface area contributed by atoms with Gasteiger partial charge in [-0.15, -0.1) is 0 Å². The lowest BCUT2D eigenvalue weighted by atomic mass is 10.0. The van der Waals surface area contributed by atoms with Gasteiger partial charge in [0, 0.05) is 53.4 Å². The van der Waals surface area contributed by atoms with Gasteiger partial charge in [0.15, 0.2) is 0 Å². The number of aryl methyl sites for hydroxylation is 2. The van der Waals surface area contributed by atoms with Crippen LogP contribution in [0.5, 0.6) is 0 Å². The molecule has 0 aliphatic rings. The first-order valence-corrected chi connectivity index (χ1v) is 10.9. The number of nitrogens with one attached hydrogen (secondary N) is 2. The normalized spacial score (nSPS) is 11.3. The molecule has 0 aliphatic carbocycles. The van der Waals surface area contributed by atoms with Gasteiger partial charge in [-0.05, 0) is 63.1 Å². The van der Waals surface area contributed by atoms with Crippen LogP contribution in [0.4, 0.5) is 0 Å².